The number of nitrogens with zero attached hydrogens (tertiary/aromatic N) is 1. The Morgan fingerprint density at radius 2 is 2.00 bits per heavy atom. The number of ether oxygens (including phenoxy) is 1. The second-order valence-electron chi connectivity index (χ2n) is 6.90. The summed E-state index contributed by atoms with van der Waals surface area (Å²) < 4.78 is 18.6. The molecule has 2 N–H and O–H groups in total. The van der Waals surface area contributed by atoms with Crippen molar-refractivity contribution in [2.45, 2.75) is 6.42 Å². The molecule has 0 spiro atoms. The highest BCUT2D eigenvalue weighted by Gasteiger charge is 2.34. The first-order chi connectivity index (χ1) is 14.9. The predicted octanol–water partition coefficient (Wildman–Crippen LogP) is 3.15. The van der Waals surface area contributed by atoms with Gasteiger partial charge in [0.2, 0.25) is 11.8 Å². The summed E-state index contributed by atoms with van der Waals surface area (Å²) in [5.41, 5.74) is 0.997. The molecule has 1 aliphatic heterocycles. The summed E-state index contributed by atoms with van der Waals surface area (Å²) >= 11 is 5.69. The maximum atomic E-state index is 13.2. The number of rotatable bonds is 8. The summed E-state index contributed by atoms with van der Waals surface area (Å²) in [5, 5.41) is 5.18. The fraction of sp³-hybridized carbons (Fsp3) is 0.227. The highest BCUT2D eigenvalue weighted by molar-refractivity contribution is 6.31. The van der Waals surface area contributed by atoms with Gasteiger partial charge in [0, 0.05) is 30.9 Å². The van der Waals surface area contributed by atoms with Gasteiger partial charge in [-0.3, -0.25) is 14.4 Å². The molecule has 9 heteroatoms. The van der Waals surface area contributed by atoms with Gasteiger partial charge in [-0.1, -0.05) is 17.7 Å². The highest BCUT2D eigenvalue weighted by Crippen LogP contribution is 2.27. The maximum Gasteiger partial charge on any atom is 0.262 e. The largest absolute Gasteiger partial charge is 0.484 e. The quantitative estimate of drug-likeness (QED) is 0.611. The van der Waals surface area contributed by atoms with Gasteiger partial charge in [0.05, 0.1) is 10.9 Å². The fourth-order valence-corrected chi connectivity index (χ4v) is 3.27. The van der Waals surface area contributed by atoms with Crippen molar-refractivity contribution in [2.75, 3.05) is 29.9 Å². The van der Waals surface area contributed by atoms with Crippen LogP contribution in [-0.2, 0) is 14.4 Å². The van der Waals surface area contributed by atoms with Crippen LogP contribution in [0.1, 0.15) is 6.42 Å². The van der Waals surface area contributed by atoms with Crippen LogP contribution in [-0.4, -0.2) is 37.4 Å². The third-order valence-corrected chi connectivity index (χ3v) is 4.93. The van der Waals surface area contributed by atoms with Crippen LogP contribution in [0.3, 0.4) is 0 Å². The average Bonchev–Trinajstić information content (AvgIpc) is 3.15. The number of nitrogens with one attached hydrogen (secondary N) is 2. The van der Waals surface area contributed by atoms with Crippen molar-refractivity contribution in [1.82, 2.24) is 5.32 Å². The molecule has 0 aromatic heterocycles. The van der Waals surface area contributed by atoms with E-state index in [-0.39, 0.29) is 29.9 Å². The number of anilines is 2. The van der Waals surface area contributed by atoms with Crippen molar-refractivity contribution in [2.24, 2.45) is 5.92 Å². The van der Waals surface area contributed by atoms with Gasteiger partial charge < -0.3 is 20.3 Å². The van der Waals surface area contributed by atoms with E-state index in [1.54, 1.807) is 35.2 Å². The molecule has 0 bridgehead atoms. The number of amides is 3. The van der Waals surface area contributed by atoms with Crippen molar-refractivity contribution in [1.29, 1.82) is 0 Å². The molecule has 1 heterocycles. The van der Waals surface area contributed by atoms with Crippen LogP contribution in [0, 0.1) is 11.7 Å². The SMILES string of the molecule is C=CCNC(=O)C1CC(=O)N(c2ccc(OCC(=O)Nc3ccc(F)c(Cl)c3)cc2)C1. The van der Waals surface area contributed by atoms with Crippen molar-refractivity contribution in [3.8, 4) is 5.75 Å². The zero-order valence-corrected chi connectivity index (χ0v) is 17.3. The third-order valence-electron chi connectivity index (χ3n) is 4.64. The molecule has 0 saturated carbocycles. The molecule has 31 heavy (non-hydrogen) atoms. The summed E-state index contributed by atoms with van der Waals surface area (Å²) in [6.07, 6.45) is 1.73. The zero-order valence-electron chi connectivity index (χ0n) is 16.6. The van der Waals surface area contributed by atoms with Crippen molar-refractivity contribution in [3.63, 3.8) is 0 Å². The average molecular weight is 446 g/mol. The Balaban J connectivity index is 1.52. The lowest BCUT2D eigenvalue weighted by atomic mass is 10.1. The first kappa shape index (κ1) is 22.3. The van der Waals surface area contributed by atoms with E-state index < -0.39 is 17.6 Å². The Bertz CT molecular complexity index is 997. The van der Waals surface area contributed by atoms with E-state index in [0.717, 1.165) is 6.07 Å². The van der Waals surface area contributed by atoms with E-state index in [1.165, 1.54) is 12.1 Å². The monoisotopic (exact) mass is 445 g/mol. The van der Waals surface area contributed by atoms with E-state index in [4.69, 9.17) is 16.3 Å². The van der Waals surface area contributed by atoms with Crippen LogP contribution >= 0.6 is 11.6 Å². The molecule has 1 unspecified atom stereocenters. The standard InChI is InChI=1S/C22H21ClFN3O4/c1-2-9-25-22(30)14-10-21(29)27(12-14)16-4-6-17(7-5-16)31-13-20(28)26-15-3-8-19(24)18(23)11-15/h2-8,11,14H,1,9-10,12-13H2,(H,25,30)(H,26,28). The van der Waals surface area contributed by atoms with Crippen LogP contribution in [0.4, 0.5) is 15.8 Å². The normalized spacial score (nSPS) is 15.5. The molecular formula is C22H21ClFN3O4. The molecule has 1 atom stereocenters. The second-order valence-corrected chi connectivity index (χ2v) is 7.31. The third kappa shape index (κ3) is 5.82. The molecule has 2 aromatic rings. The molecule has 1 aliphatic rings. The van der Waals surface area contributed by atoms with Gasteiger partial charge in [0.25, 0.3) is 5.91 Å². The number of hydrogen-bond donors (Lipinski definition) is 2. The Hall–Kier alpha value is -3.39. The van der Waals surface area contributed by atoms with Gasteiger partial charge in [-0.2, -0.15) is 0 Å². The fourth-order valence-electron chi connectivity index (χ4n) is 3.09. The number of carbonyl (C=O) groups excluding carboxylic acids is 3. The molecule has 1 fully saturated rings. The Morgan fingerprint density at radius 1 is 1.26 bits per heavy atom. The van der Waals surface area contributed by atoms with Crippen molar-refractivity contribution >= 4 is 40.7 Å². The molecular weight excluding hydrogens is 425 g/mol. The summed E-state index contributed by atoms with van der Waals surface area (Å²) in [6, 6.07) is 10.5. The first-order valence-electron chi connectivity index (χ1n) is 9.54. The number of carbonyl (C=O) groups is 3. The molecule has 3 rings (SSSR count). The van der Waals surface area contributed by atoms with Crippen LogP contribution in [0.25, 0.3) is 0 Å². The van der Waals surface area contributed by atoms with Gasteiger partial charge in [-0.15, -0.1) is 6.58 Å². The number of benzene rings is 2. The smallest absolute Gasteiger partial charge is 0.262 e. The summed E-state index contributed by atoms with van der Waals surface area (Å²) in [7, 11) is 0. The summed E-state index contributed by atoms with van der Waals surface area (Å²) in [6.45, 7) is 3.94. The molecule has 3 amide bonds. The minimum Gasteiger partial charge on any atom is -0.484 e. The first-order valence-corrected chi connectivity index (χ1v) is 9.92. The minimum atomic E-state index is -0.573. The predicted molar refractivity (Wildman–Crippen MR) is 116 cm³/mol. The highest BCUT2D eigenvalue weighted by atomic mass is 35.5. The molecule has 0 radical (unpaired) electrons. The number of halogens is 2. The molecule has 2 aromatic carbocycles. The van der Waals surface area contributed by atoms with E-state index in [1.807, 2.05) is 0 Å². The lowest BCUT2D eigenvalue weighted by molar-refractivity contribution is -0.126. The second kappa shape index (κ2) is 10.1. The van der Waals surface area contributed by atoms with Crippen molar-refractivity contribution < 1.29 is 23.5 Å². The summed E-state index contributed by atoms with van der Waals surface area (Å²) in [5.74, 6) is -1.30. The molecule has 1 saturated heterocycles. The Labute approximate surface area is 183 Å². The molecule has 7 nitrogen and oxygen atoms in total. The van der Waals surface area contributed by atoms with Gasteiger partial charge in [-0.05, 0) is 42.5 Å². The summed E-state index contributed by atoms with van der Waals surface area (Å²) in [4.78, 5) is 37.9. The Morgan fingerprint density at radius 3 is 2.68 bits per heavy atom. The maximum absolute atomic E-state index is 13.2. The van der Waals surface area contributed by atoms with E-state index in [0.29, 0.717) is 30.2 Å². The lowest BCUT2D eigenvalue weighted by Crippen LogP contribution is -2.32. The lowest BCUT2D eigenvalue weighted by Gasteiger charge is -2.17. The van der Waals surface area contributed by atoms with Gasteiger partial charge in [-0.25, -0.2) is 4.39 Å². The van der Waals surface area contributed by atoms with Crippen molar-refractivity contribution in [3.05, 3.63) is 66.0 Å². The molecule has 162 valence electrons. The topological polar surface area (TPSA) is 87.7 Å². The van der Waals surface area contributed by atoms with Crippen LogP contribution in [0.2, 0.25) is 5.02 Å². The Kier molecular flexibility index (Phi) is 7.25. The van der Waals surface area contributed by atoms with Gasteiger partial charge in [0.15, 0.2) is 6.61 Å². The van der Waals surface area contributed by atoms with Gasteiger partial charge in [0.1, 0.15) is 11.6 Å². The minimum absolute atomic E-state index is 0.0915. The van der Waals surface area contributed by atoms with E-state index in [2.05, 4.69) is 17.2 Å². The van der Waals surface area contributed by atoms with Crippen LogP contribution in [0.5, 0.6) is 5.75 Å². The van der Waals surface area contributed by atoms with E-state index >= 15 is 0 Å². The molecule has 0 aliphatic carbocycles. The zero-order chi connectivity index (χ0) is 22.4. The van der Waals surface area contributed by atoms with Crippen LogP contribution in [0.15, 0.2) is 55.1 Å². The van der Waals surface area contributed by atoms with Crippen LogP contribution < -0.4 is 20.3 Å². The van der Waals surface area contributed by atoms with E-state index in [9.17, 15) is 18.8 Å². The van der Waals surface area contributed by atoms with Gasteiger partial charge >= 0.3 is 0 Å². The number of hydrogen-bond acceptors (Lipinski definition) is 4.